The van der Waals surface area contributed by atoms with E-state index in [2.05, 4.69) is 0 Å². The molecule has 5 nitrogen and oxygen atoms in total. The van der Waals surface area contributed by atoms with Gasteiger partial charge in [0.2, 0.25) is 5.78 Å². The molecule has 2 rings (SSSR count). The number of hydrogen-bond acceptors (Lipinski definition) is 5. The average molecular weight is 368 g/mol. The molecule has 0 N–H and O–H groups in total. The van der Waals surface area contributed by atoms with Gasteiger partial charge in [0, 0.05) is 30.4 Å². The molecule has 2 heterocycles. The number of rotatable bonds is 7. The minimum Gasteiger partial charge on any atom is -0.457 e. The van der Waals surface area contributed by atoms with Crippen LogP contribution in [0.4, 0.5) is 0 Å². The Hall–Kier alpha value is -1.92. The number of Topliss-reactive ketones (excluding diaryl/α,β-unsaturated/α-hetero) is 2. The molecular weight excluding hydrogens is 350 g/mol. The Morgan fingerprint density at radius 1 is 1.17 bits per heavy atom. The number of aromatic nitrogens is 1. The lowest BCUT2D eigenvalue weighted by Gasteiger charge is -2.04. The number of ketones is 2. The maximum Gasteiger partial charge on any atom is 0.306 e. The van der Waals surface area contributed by atoms with E-state index in [4.69, 9.17) is 16.3 Å². The molecule has 0 bridgehead atoms. The molecule has 2 aromatic rings. The molecule has 0 aliphatic carbocycles. The number of thiophene rings is 1. The van der Waals surface area contributed by atoms with E-state index in [9.17, 15) is 14.4 Å². The summed E-state index contributed by atoms with van der Waals surface area (Å²) < 4.78 is 7.41. The number of ether oxygens (including phenoxy) is 1. The van der Waals surface area contributed by atoms with Crippen molar-refractivity contribution in [3.63, 3.8) is 0 Å². The standard InChI is InChI=1S/C17H18ClNO4S/c1-10-8-12(11(2)19(10)3)14(21)9-23-17(22)7-4-13(20)15-5-6-16(18)24-15/h5-6,8H,4,7,9H2,1-3H3. The number of aryl methyl sites for hydroxylation is 1. The number of halogens is 1. The molecule has 0 aliphatic rings. The third-order valence-corrected chi connectivity index (χ3v) is 5.12. The third kappa shape index (κ3) is 4.33. The van der Waals surface area contributed by atoms with Crippen molar-refractivity contribution in [3.8, 4) is 0 Å². The van der Waals surface area contributed by atoms with Crippen molar-refractivity contribution in [1.29, 1.82) is 0 Å². The monoisotopic (exact) mass is 367 g/mol. The number of carbonyl (C=O) groups is 3. The molecule has 0 amide bonds. The third-order valence-electron chi connectivity index (χ3n) is 3.84. The van der Waals surface area contributed by atoms with Gasteiger partial charge in [0.1, 0.15) is 0 Å². The first kappa shape index (κ1) is 18.4. The van der Waals surface area contributed by atoms with E-state index in [1.54, 1.807) is 18.2 Å². The first-order valence-corrected chi connectivity index (χ1v) is 8.59. The van der Waals surface area contributed by atoms with Crippen LogP contribution >= 0.6 is 22.9 Å². The van der Waals surface area contributed by atoms with Crippen LogP contribution < -0.4 is 0 Å². The Morgan fingerprint density at radius 2 is 1.88 bits per heavy atom. The van der Waals surface area contributed by atoms with E-state index < -0.39 is 5.97 Å². The molecule has 0 saturated heterocycles. The van der Waals surface area contributed by atoms with Gasteiger partial charge in [-0.15, -0.1) is 11.3 Å². The lowest BCUT2D eigenvalue weighted by molar-refractivity contribution is -0.142. The van der Waals surface area contributed by atoms with Crippen molar-refractivity contribution in [3.05, 3.63) is 44.4 Å². The van der Waals surface area contributed by atoms with Crippen LogP contribution in [0.1, 0.15) is 44.3 Å². The van der Waals surface area contributed by atoms with E-state index in [1.165, 1.54) is 11.3 Å². The van der Waals surface area contributed by atoms with Gasteiger partial charge >= 0.3 is 5.97 Å². The highest BCUT2D eigenvalue weighted by Gasteiger charge is 2.17. The summed E-state index contributed by atoms with van der Waals surface area (Å²) in [5, 5.41) is 0. The predicted octanol–water partition coefficient (Wildman–Crippen LogP) is 3.75. The van der Waals surface area contributed by atoms with Gasteiger partial charge in [-0.2, -0.15) is 0 Å². The summed E-state index contributed by atoms with van der Waals surface area (Å²) in [6, 6.07) is 5.04. The zero-order chi connectivity index (χ0) is 17.9. The fourth-order valence-corrected chi connectivity index (χ4v) is 3.25. The quantitative estimate of drug-likeness (QED) is 0.552. The molecule has 0 unspecified atom stereocenters. The molecule has 128 valence electrons. The molecule has 7 heteroatoms. The van der Waals surface area contributed by atoms with Gasteiger partial charge in [0.25, 0.3) is 0 Å². The summed E-state index contributed by atoms with van der Waals surface area (Å²) in [5.74, 6) is -0.977. The number of hydrogen-bond donors (Lipinski definition) is 0. The number of esters is 1. The Morgan fingerprint density at radius 3 is 2.42 bits per heavy atom. The summed E-state index contributed by atoms with van der Waals surface area (Å²) >= 11 is 6.95. The molecule has 0 spiro atoms. The Bertz CT molecular complexity index is 791. The van der Waals surface area contributed by atoms with Crippen LogP contribution in [0.5, 0.6) is 0 Å². The minimum atomic E-state index is -0.565. The molecule has 24 heavy (non-hydrogen) atoms. The topological polar surface area (TPSA) is 65.4 Å². The van der Waals surface area contributed by atoms with E-state index in [0.29, 0.717) is 14.8 Å². The van der Waals surface area contributed by atoms with Crippen molar-refractivity contribution in [2.75, 3.05) is 6.61 Å². The molecular formula is C17H18ClNO4S. The summed E-state index contributed by atoms with van der Waals surface area (Å²) in [5.41, 5.74) is 2.34. The Kier molecular flexibility index (Phi) is 5.96. The molecule has 0 saturated carbocycles. The molecule has 0 aliphatic heterocycles. The zero-order valence-corrected chi connectivity index (χ0v) is 15.3. The van der Waals surface area contributed by atoms with Crippen LogP contribution in [0.3, 0.4) is 0 Å². The second-order valence-corrected chi connectivity index (χ2v) is 7.17. The summed E-state index contributed by atoms with van der Waals surface area (Å²) in [7, 11) is 1.87. The second-order valence-electron chi connectivity index (χ2n) is 5.45. The first-order valence-electron chi connectivity index (χ1n) is 7.40. The Balaban J connectivity index is 1.81. The van der Waals surface area contributed by atoms with Crippen LogP contribution in [0.2, 0.25) is 4.34 Å². The second kappa shape index (κ2) is 7.77. The van der Waals surface area contributed by atoms with Crippen molar-refractivity contribution in [2.24, 2.45) is 7.05 Å². The SMILES string of the molecule is Cc1cc(C(=O)COC(=O)CCC(=O)c2ccc(Cl)s2)c(C)n1C. The van der Waals surface area contributed by atoms with Crippen LogP contribution in [0, 0.1) is 13.8 Å². The summed E-state index contributed by atoms with van der Waals surface area (Å²) in [6.45, 7) is 3.42. The maximum absolute atomic E-state index is 12.1. The van der Waals surface area contributed by atoms with Crippen molar-refractivity contribution in [1.82, 2.24) is 4.57 Å². The van der Waals surface area contributed by atoms with Crippen LogP contribution in [0.15, 0.2) is 18.2 Å². The largest absolute Gasteiger partial charge is 0.457 e. The van der Waals surface area contributed by atoms with Gasteiger partial charge in [0.15, 0.2) is 12.4 Å². The number of carbonyl (C=O) groups excluding carboxylic acids is 3. The summed E-state index contributed by atoms with van der Waals surface area (Å²) in [6.07, 6.45) is -0.0260. The first-order chi connectivity index (χ1) is 11.3. The molecule has 0 fully saturated rings. The van der Waals surface area contributed by atoms with Gasteiger partial charge in [-0.25, -0.2) is 0 Å². The molecule has 2 aromatic heterocycles. The smallest absolute Gasteiger partial charge is 0.306 e. The molecule has 0 aromatic carbocycles. The van der Waals surface area contributed by atoms with Crippen molar-refractivity contribution >= 4 is 40.5 Å². The van der Waals surface area contributed by atoms with Crippen LogP contribution in [0.25, 0.3) is 0 Å². The summed E-state index contributed by atoms with van der Waals surface area (Å²) in [4.78, 5) is 36.2. The van der Waals surface area contributed by atoms with Crippen LogP contribution in [-0.4, -0.2) is 28.7 Å². The zero-order valence-electron chi connectivity index (χ0n) is 13.7. The van der Waals surface area contributed by atoms with Crippen molar-refractivity contribution < 1.29 is 19.1 Å². The number of nitrogens with zero attached hydrogens (tertiary/aromatic N) is 1. The van der Waals surface area contributed by atoms with Gasteiger partial charge in [-0.05, 0) is 32.0 Å². The molecule has 0 atom stereocenters. The van der Waals surface area contributed by atoms with E-state index in [1.807, 2.05) is 25.5 Å². The fraction of sp³-hybridized carbons (Fsp3) is 0.353. The Labute approximate surface area is 149 Å². The average Bonchev–Trinajstić information content (AvgIpc) is 3.09. The highest BCUT2D eigenvalue weighted by atomic mass is 35.5. The fourth-order valence-electron chi connectivity index (χ4n) is 2.24. The van der Waals surface area contributed by atoms with Crippen molar-refractivity contribution in [2.45, 2.75) is 26.7 Å². The van der Waals surface area contributed by atoms with E-state index in [-0.39, 0.29) is 31.0 Å². The van der Waals surface area contributed by atoms with E-state index >= 15 is 0 Å². The molecule has 0 radical (unpaired) electrons. The highest BCUT2D eigenvalue weighted by molar-refractivity contribution is 7.18. The van der Waals surface area contributed by atoms with Crippen LogP contribution in [-0.2, 0) is 16.6 Å². The van der Waals surface area contributed by atoms with E-state index in [0.717, 1.165) is 11.4 Å². The normalized spacial score (nSPS) is 10.7. The highest BCUT2D eigenvalue weighted by Crippen LogP contribution is 2.23. The van der Waals surface area contributed by atoms with Gasteiger partial charge in [-0.1, -0.05) is 11.6 Å². The maximum atomic E-state index is 12.1. The van der Waals surface area contributed by atoms with Gasteiger partial charge < -0.3 is 9.30 Å². The lowest BCUT2D eigenvalue weighted by Crippen LogP contribution is -2.15. The van der Waals surface area contributed by atoms with Gasteiger partial charge in [0.05, 0.1) is 15.6 Å². The predicted molar refractivity (Wildman–Crippen MR) is 93.1 cm³/mol. The minimum absolute atomic E-state index is 0.0351. The lowest BCUT2D eigenvalue weighted by atomic mass is 10.1. The van der Waals surface area contributed by atoms with Gasteiger partial charge in [-0.3, -0.25) is 14.4 Å².